The Kier molecular flexibility index (Phi) is 9.11. The van der Waals surface area contributed by atoms with E-state index in [1.54, 1.807) is 0 Å². The van der Waals surface area contributed by atoms with Crippen LogP contribution in [-0.2, 0) is 26.2 Å². The minimum atomic E-state index is -2.89. The molecule has 3 nitrogen and oxygen atoms in total. The minimum absolute atomic E-state index is 0.0218. The van der Waals surface area contributed by atoms with Crippen molar-refractivity contribution in [3.63, 3.8) is 0 Å². The molecular weight excluding hydrogens is 559 g/mol. The Balaban J connectivity index is 2.28. The van der Waals surface area contributed by atoms with Crippen molar-refractivity contribution in [1.29, 1.82) is 0 Å². The van der Waals surface area contributed by atoms with Gasteiger partial charge >= 0.3 is 8.25 Å². The third kappa shape index (κ3) is 7.17. The molecule has 0 amide bonds. The smallest absolute Gasteiger partial charge is 0.229 e. The Morgan fingerprint density at radius 3 is 1.36 bits per heavy atom. The fraction of sp³-hybridized carbons (Fsp3) is 0.400. The predicted octanol–water partition coefficient (Wildman–Crippen LogP) is 11.9. The number of hydrogen-bond donors (Lipinski definition) is 1. The standard InChI is InChI=1S/C40H49O3P/c1-37(2,3)27-18-20-30(32(24-27)39(7,8)9)35-29(26-16-14-13-15-17-26)22-23-34(43-44(41)42)36(35)31-21-19-28(38(4,5)6)25-33(31)40(10,11)12/h13-25H,1-12H3/p+1. The van der Waals surface area contributed by atoms with E-state index in [-0.39, 0.29) is 21.7 Å². The SMILES string of the molecule is CC(C)(C)c1ccc(-c2c(O[P+](=O)O)ccc(-c3ccccc3)c2-c2ccc(C(C)(C)C)cc2C(C)(C)C)c(C(C)(C)C)c1. The van der Waals surface area contributed by atoms with Crippen molar-refractivity contribution in [2.45, 2.75) is 105 Å². The molecule has 4 heteroatoms. The first kappa shape index (κ1) is 33.6. The molecule has 0 aromatic heterocycles. The Hall–Kier alpha value is -3.26. The zero-order chi connectivity index (χ0) is 32.8. The van der Waals surface area contributed by atoms with E-state index in [9.17, 15) is 9.46 Å². The van der Waals surface area contributed by atoms with Gasteiger partial charge in [-0.1, -0.05) is 150 Å². The van der Waals surface area contributed by atoms with Crippen LogP contribution < -0.4 is 4.52 Å². The monoisotopic (exact) mass is 609 g/mol. The second kappa shape index (κ2) is 11.9. The molecule has 44 heavy (non-hydrogen) atoms. The van der Waals surface area contributed by atoms with Crippen molar-refractivity contribution >= 4 is 8.25 Å². The van der Waals surface area contributed by atoms with E-state index >= 15 is 0 Å². The zero-order valence-corrected chi connectivity index (χ0v) is 29.6. The second-order valence-electron chi connectivity index (χ2n) is 16.1. The van der Waals surface area contributed by atoms with E-state index in [4.69, 9.17) is 4.52 Å². The van der Waals surface area contributed by atoms with Gasteiger partial charge in [0.25, 0.3) is 0 Å². The summed E-state index contributed by atoms with van der Waals surface area (Å²) in [5.74, 6) is 0.400. The van der Waals surface area contributed by atoms with Gasteiger partial charge in [0.1, 0.15) is 0 Å². The van der Waals surface area contributed by atoms with Crippen LogP contribution in [0, 0.1) is 0 Å². The molecule has 232 valence electrons. The molecule has 0 spiro atoms. The molecule has 0 saturated carbocycles. The fourth-order valence-corrected chi connectivity index (χ4v) is 6.17. The van der Waals surface area contributed by atoms with E-state index in [0.29, 0.717) is 5.75 Å². The van der Waals surface area contributed by atoms with Gasteiger partial charge in [0.2, 0.25) is 0 Å². The summed E-state index contributed by atoms with van der Waals surface area (Å²) in [6, 6.07) is 27.8. The maximum absolute atomic E-state index is 12.3. The molecule has 0 aliphatic carbocycles. The van der Waals surface area contributed by atoms with Crippen molar-refractivity contribution in [1.82, 2.24) is 0 Å². The minimum Gasteiger partial charge on any atom is -0.229 e. The predicted molar refractivity (Wildman–Crippen MR) is 188 cm³/mol. The first-order valence-corrected chi connectivity index (χ1v) is 16.7. The fourth-order valence-electron chi connectivity index (χ4n) is 5.85. The highest BCUT2D eigenvalue weighted by atomic mass is 31.1. The van der Waals surface area contributed by atoms with Crippen LogP contribution in [0.3, 0.4) is 0 Å². The molecule has 4 rings (SSSR count). The maximum atomic E-state index is 12.3. The summed E-state index contributed by atoms with van der Waals surface area (Å²) >= 11 is 0. The molecule has 0 heterocycles. The van der Waals surface area contributed by atoms with Crippen LogP contribution in [0.4, 0.5) is 0 Å². The molecule has 0 aliphatic heterocycles. The quantitative estimate of drug-likeness (QED) is 0.229. The zero-order valence-electron chi connectivity index (χ0n) is 28.7. The normalized spacial score (nSPS) is 13.2. The summed E-state index contributed by atoms with van der Waals surface area (Å²) in [4.78, 5) is 10.1. The van der Waals surface area contributed by atoms with Crippen LogP contribution in [0.25, 0.3) is 33.4 Å². The van der Waals surface area contributed by atoms with Crippen molar-refractivity contribution in [3.05, 3.63) is 101 Å². The van der Waals surface area contributed by atoms with Crippen LogP contribution in [0.2, 0.25) is 0 Å². The molecule has 4 aromatic carbocycles. The highest BCUT2D eigenvalue weighted by molar-refractivity contribution is 7.32. The first-order valence-electron chi connectivity index (χ1n) is 15.6. The lowest BCUT2D eigenvalue weighted by Gasteiger charge is -2.31. The number of benzene rings is 4. The average Bonchev–Trinajstić information content (AvgIpc) is 2.90. The summed E-state index contributed by atoms with van der Waals surface area (Å²) < 4.78 is 18.1. The van der Waals surface area contributed by atoms with E-state index in [1.807, 2.05) is 18.2 Å². The van der Waals surface area contributed by atoms with Gasteiger partial charge < -0.3 is 0 Å². The number of hydrogen-bond acceptors (Lipinski definition) is 2. The average molecular weight is 610 g/mol. The Morgan fingerprint density at radius 2 is 0.955 bits per heavy atom. The van der Waals surface area contributed by atoms with Gasteiger partial charge in [0, 0.05) is 15.7 Å². The first-order chi connectivity index (χ1) is 20.2. The molecule has 4 aromatic rings. The molecule has 0 fully saturated rings. The lowest BCUT2D eigenvalue weighted by atomic mass is 9.73. The maximum Gasteiger partial charge on any atom is 0.747 e. The van der Waals surface area contributed by atoms with E-state index in [2.05, 4.69) is 144 Å². The lowest BCUT2D eigenvalue weighted by molar-refractivity contribution is 0.411. The molecule has 0 bridgehead atoms. The van der Waals surface area contributed by atoms with Gasteiger partial charge in [-0.15, -0.1) is 4.89 Å². The topological polar surface area (TPSA) is 46.5 Å². The third-order valence-electron chi connectivity index (χ3n) is 8.35. The van der Waals surface area contributed by atoms with Crippen molar-refractivity contribution in [2.24, 2.45) is 0 Å². The Labute approximate surface area is 266 Å². The molecule has 1 atom stereocenters. The van der Waals surface area contributed by atoms with Crippen molar-refractivity contribution in [2.75, 3.05) is 0 Å². The summed E-state index contributed by atoms with van der Waals surface area (Å²) in [6.45, 7) is 26.9. The van der Waals surface area contributed by atoms with Crippen LogP contribution >= 0.6 is 8.25 Å². The molecule has 1 unspecified atom stereocenters. The lowest BCUT2D eigenvalue weighted by Crippen LogP contribution is -2.18. The van der Waals surface area contributed by atoms with Gasteiger partial charge in [0.05, 0.1) is 0 Å². The third-order valence-corrected chi connectivity index (χ3v) is 8.71. The van der Waals surface area contributed by atoms with E-state index in [0.717, 1.165) is 38.9 Å². The molecule has 1 N–H and O–H groups in total. The van der Waals surface area contributed by atoms with Crippen molar-refractivity contribution in [3.8, 4) is 39.1 Å². The highest BCUT2D eigenvalue weighted by Gasteiger charge is 2.32. The van der Waals surface area contributed by atoms with Gasteiger partial charge in [-0.05, 0) is 78.3 Å². The Morgan fingerprint density at radius 1 is 0.523 bits per heavy atom. The van der Waals surface area contributed by atoms with Gasteiger partial charge in [-0.25, -0.2) is 4.52 Å². The van der Waals surface area contributed by atoms with Crippen LogP contribution in [-0.4, -0.2) is 4.89 Å². The summed E-state index contributed by atoms with van der Waals surface area (Å²) in [6.07, 6.45) is 0. The molecule has 0 saturated heterocycles. The van der Waals surface area contributed by atoms with Crippen molar-refractivity contribution < 1.29 is 14.0 Å². The summed E-state index contributed by atoms with van der Waals surface area (Å²) in [7, 11) is -2.89. The molecule has 0 radical (unpaired) electrons. The Bertz CT molecular complexity index is 1670. The summed E-state index contributed by atoms with van der Waals surface area (Å²) in [5, 5.41) is 0. The van der Waals surface area contributed by atoms with Gasteiger partial charge in [0.15, 0.2) is 5.75 Å². The largest absolute Gasteiger partial charge is 0.747 e. The molecule has 0 aliphatic rings. The highest BCUT2D eigenvalue weighted by Crippen LogP contribution is 2.52. The molecular formula is C40H50O3P+. The van der Waals surface area contributed by atoms with Gasteiger partial charge in [-0.2, -0.15) is 0 Å². The van der Waals surface area contributed by atoms with E-state index in [1.165, 1.54) is 16.7 Å². The van der Waals surface area contributed by atoms with Gasteiger partial charge in [-0.3, -0.25) is 0 Å². The van der Waals surface area contributed by atoms with Crippen LogP contribution in [0.5, 0.6) is 5.75 Å². The summed E-state index contributed by atoms with van der Waals surface area (Å²) in [5.41, 5.74) is 10.5. The second-order valence-corrected chi connectivity index (χ2v) is 16.7. The number of rotatable bonds is 5. The van der Waals surface area contributed by atoms with Crippen LogP contribution in [0.1, 0.15) is 105 Å². The van der Waals surface area contributed by atoms with E-state index < -0.39 is 8.25 Å². The van der Waals surface area contributed by atoms with Crippen LogP contribution in [0.15, 0.2) is 78.9 Å².